The van der Waals surface area contributed by atoms with Crippen molar-refractivity contribution < 1.29 is 16.8 Å². The number of hydrogen-bond acceptors (Lipinski definition) is 8. The Morgan fingerprint density at radius 3 is 1.12 bits per heavy atom. The van der Waals surface area contributed by atoms with Gasteiger partial charge in [-0.2, -0.15) is 21.0 Å². The first-order valence-electron chi connectivity index (χ1n) is 9.19. The van der Waals surface area contributed by atoms with Crippen LogP contribution in [-0.4, -0.2) is 16.8 Å². The summed E-state index contributed by atoms with van der Waals surface area (Å²) >= 11 is 0. The summed E-state index contributed by atoms with van der Waals surface area (Å²) in [5.41, 5.74) is -1.07. The van der Waals surface area contributed by atoms with Crippen molar-refractivity contribution in [2.45, 2.75) is 9.79 Å². The number of nitrogens with zero attached hydrogens (tertiary/aromatic N) is 4. The number of hydrogen-bond donors (Lipinski definition) is 2. The minimum atomic E-state index is -4.39. The fraction of sp³-hybridized carbons (Fsp3) is 0. The molecule has 3 aromatic carbocycles. The first kappa shape index (κ1) is 23.8. The fourth-order valence-corrected chi connectivity index (χ4v) is 5.76. The third-order valence-electron chi connectivity index (χ3n) is 4.42. The van der Waals surface area contributed by atoms with Crippen molar-refractivity contribution >= 4 is 31.4 Å². The van der Waals surface area contributed by atoms with Gasteiger partial charge in [-0.3, -0.25) is 9.44 Å². The monoisotopic (exact) mass is 488 g/mol. The quantitative estimate of drug-likeness (QED) is 0.529. The van der Waals surface area contributed by atoms with Crippen LogP contribution in [0.5, 0.6) is 0 Å². The van der Waals surface area contributed by atoms with E-state index in [1.54, 1.807) is 24.3 Å². The van der Waals surface area contributed by atoms with E-state index in [1.165, 1.54) is 54.6 Å². The van der Waals surface area contributed by atoms with Gasteiger partial charge in [0.15, 0.2) is 0 Å². The first-order valence-corrected chi connectivity index (χ1v) is 12.2. The molecule has 0 aliphatic rings. The van der Waals surface area contributed by atoms with E-state index in [9.17, 15) is 37.9 Å². The van der Waals surface area contributed by atoms with Crippen LogP contribution < -0.4 is 9.44 Å². The van der Waals surface area contributed by atoms with Gasteiger partial charge in [0.05, 0.1) is 33.6 Å². The zero-order valence-corrected chi connectivity index (χ0v) is 18.6. The zero-order chi connectivity index (χ0) is 24.9. The average molecular weight is 489 g/mol. The lowest BCUT2D eigenvalue weighted by atomic mass is 10.1. The van der Waals surface area contributed by atoms with Gasteiger partial charge in [-0.05, 0) is 42.5 Å². The molecule has 0 spiro atoms. The van der Waals surface area contributed by atoms with Crippen molar-refractivity contribution in [1.29, 1.82) is 21.0 Å². The molecule has 0 heterocycles. The van der Waals surface area contributed by atoms with Crippen LogP contribution in [0.2, 0.25) is 0 Å². The van der Waals surface area contributed by atoms with Gasteiger partial charge < -0.3 is 0 Å². The summed E-state index contributed by atoms with van der Waals surface area (Å²) < 4.78 is 56.1. The van der Waals surface area contributed by atoms with Crippen molar-refractivity contribution in [3.63, 3.8) is 0 Å². The van der Waals surface area contributed by atoms with Gasteiger partial charge in [0.1, 0.15) is 34.1 Å². The van der Waals surface area contributed by atoms with Gasteiger partial charge in [0, 0.05) is 0 Å². The van der Waals surface area contributed by atoms with E-state index in [0.717, 1.165) is 6.07 Å². The second-order valence-corrected chi connectivity index (χ2v) is 9.84. The molecule has 0 amide bonds. The van der Waals surface area contributed by atoms with E-state index in [0.29, 0.717) is 0 Å². The van der Waals surface area contributed by atoms with Gasteiger partial charge in [-0.15, -0.1) is 0 Å². The van der Waals surface area contributed by atoms with Gasteiger partial charge in [0.2, 0.25) is 0 Å². The number of sulfonamides is 2. The van der Waals surface area contributed by atoms with Crippen LogP contribution in [-0.2, 0) is 20.0 Å². The molecule has 0 saturated heterocycles. The van der Waals surface area contributed by atoms with E-state index in [2.05, 4.69) is 9.44 Å². The lowest BCUT2D eigenvalue weighted by Gasteiger charge is -2.13. The summed E-state index contributed by atoms with van der Waals surface area (Å²) in [7, 11) is -8.78. The van der Waals surface area contributed by atoms with Crippen molar-refractivity contribution in [2.75, 3.05) is 9.44 Å². The molecule has 0 radical (unpaired) electrons. The molecule has 2 N–H and O–H groups in total. The third-order valence-corrected chi connectivity index (χ3v) is 7.38. The normalized spacial score (nSPS) is 10.7. The molecule has 0 aliphatic carbocycles. The summed E-state index contributed by atoms with van der Waals surface area (Å²) in [6.45, 7) is 0. The molecule has 0 fully saturated rings. The Balaban J connectivity index is 2.00. The predicted octanol–water partition coefficient (Wildman–Crippen LogP) is 2.77. The van der Waals surface area contributed by atoms with Gasteiger partial charge in [-0.25, -0.2) is 16.8 Å². The van der Waals surface area contributed by atoms with Crippen molar-refractivity contribution in [3.8, 4) is 24.3 Å². The number of rotatable bonds is 6. The summed E-state index contributed by atoms with van der Waals surface area (Å²) in [4.78, 5) is -1.01. The van der Waals surface area contributed by atoms with Gasteiger partial charge >= 0.3 is 0 Å². The van der Waals surface area contributed by atoms with E-state index in [1.807, 2.05) is 0 Å². The topological polar surface area (TPSA) is 187 Å². The molecule has 0 bridgehead atoms. The average Bonchev–Trinajstić information content (AvgIpc) is 2.82. The molecule has 3 aromatic rings. The SMILES string of the molecule is N#Cc1cccc(C#N)c1S(=O)(=O)Nc1cccc(NS(=O)(=O)c2c(C#N)cccc2C#N)c1. The molecular formula is C22H12N6O4S2. The zero-order valence-electron chi connectivity index (χ0n) is 17.0. The van der Waals surface area contributed by atoms with Crippen LogP contribution in [0.4, 0.5) is 11.4 Å². The lowest BCUT2D eigenvalue weighted by Crippen LogP contribution is -2.17. The number of anilines is 2. The molecule has 0 atom stereocenters. The van der Waals surface area contributed by atoms with Gasteiger partial charge in [0.25, 0.3) is 20.0 Å². The Morgan fingerprint density at radius 2 is 0.824 bits per heavy atom. The summed E-state index contributed by atoms with van der Waals surface area (Å²) in [6, 6.07) is 19.9. The summed E-state index contributed by atoms with van der Waals surface area (Å²) in [5.74, 6) is 0. The highest BCUT2D eigenvalue weighted by Crippen LogP contribution is 2.27. The summed E-state index contributed by atoms with van der Waals surface area (Å²) in [5, 5.41) is 37.0. The van der Waals surface area contributed by atoms with E-state index < -0.39 is 29.8 Å². The maximum Gasteiger partial charge on any atom is 0.264 e. The molecule has 0 aromatic heterocycles. The van der Waals surface area contributed by atoms with Crippen LogP contribution in [0.1, 0.15) is 22.3 Å². The van der Waals surface area contributed by atoms with Crippen LogP contribution in [0.25, 0.3) is 0 Å². The van der Waals surface area contributed by atoms with Crippen LogP contribution >= 0.6 is 0 Å². The molecule has 10 nitrogen and oxygen atoms in total. The second-order valence-electron chi connectivity index (χ2n) is 6.60. The molecular weight excluding hydrogens is 476 g/mol. The minimum Gasteiger partial charge on any atom is -0.279 e. The van der Waals surface area contributed by atoms with E-state index in [-0.39, 0.29) is 33.6 Å². The smallest absolute Gasteiger partial charge is 0.264 e. The van der Waals surface area contributed by atoms with Crippen LogP contribution in [0, 0.1) is 45.3 Å². The third kappa shape index (κ3) is 4.64. The predicted molar refractivity (Wildman–Crippen MR) is 120 cm³/mol. The Kier molecular flexibility index (Phi) is 6.51. The molecule has 0 saturated carbocycles. The highest BCUT2D eigenvalue weighted by molar-refractivity contribution is 7.93. The Labute approximate surface area is 195 Å². The van der Waals surface area contributed by atoms with E-state index in [4.69, 9.17) is 0 Å². The molecule has 0 aliphatic heterocycles. The molecule has 3 rings (SSSR count). The standard InChI is InChI=1S/C22H12N6O4S2/c23-11-15-4-1-5-16(12-24)21(15)33(29,30)27-19-8-3-9-20(10-19)28-34(31,32)22-17(13-25)6-2-7-18(22)14-26/h1-10,27-28H. The first-order chi connectivity index (χ1) is 16.2. The highest BCUT2D eigenvalue weighted by atomic mass is 32.2. The molecule has 34 heavy (non-hydrogen) atoms. The second kappa shape index (κ2) is 9.32. The maximum atomic E-state index is 12.9. The van der Waals surface area contributed by atoms with E-state index >= 15 is 0 Å². The highest BCUT2D eigenvalue weighted by Gasteiger charge is 2.25. The molecule has 166 valence electrons. The van der Waals surface area contributed by atoms with Gasteiger partial charge in [-0.1, -0.05) is 18.2 Å². The van der Waals surface area contributed by atoms with Crippen LogP contribution in [0.15, 0.2) is 70.5 Å². The van der Waals surface area contributed by atoms with Crippen molar-refractivity contribution in [2.24, 2.45) is 0 Å². The number of nitriles is 4. The fourth-order valence-electron chi connectivity index (χ4n) is 3.06. The minimum absolute atomic E-state index is 0.0640. The summed E-state index contributed by atoms with van der Waals surface area (Å²) in [6.07, 6.45) is 0. The Hall–Kier alpha value is -4.88. The van der Waals surface area contributed by atoms with Crippen molar-refractivity contribution in [3.05, 3.63) is 82.9 Å². The number of nitrogens with one attached hydrogen (secondary N) is 2. The van der Waals surface area contributed by atoms with Crippen LogP contribution in [0.3, 0.4) is 0 Å². The molecule has 0 unspecified atom stereocenters. The van der Waals surface area contributed by atoms with Crippen molar-refractivity contribution in [1.82, 2.24) is 0 Å². The maximum absolute atomic E-state index is 12.9. The largest absolute Gasteiger partial charge is 0.279 e. The molecule has 12 heteroatoms. The number of benzene rings is 3. The lowest BCUT2D eigenvalue weighted by molar-refractivity contribution is 0.599. The Morgan fingerprint density at radius 1 is 0.529 bits per heavy atom. The Bertz CT molecular complexity index is 1500.